The number of aromatic nitrogens is 3. The van der Waals surface area contributed by atoms with Crippen LogP contribution in [0.4, 0.5) is 5.69 Å². The average molecular weight is 291 g/mol. The fourth-order valence-electron chi connectivity index (χ4n) is 2.03. The van der Waals surface area contributed by atoms with Gasteiger partial charge in [-0.2, -0.15) is 0 Å². The Morgan fingerprint density at radius 2 is 2.29 bits per heavy atom. The molecule has 2 aromatic rings. The molecule has 0 spiro atoms. The molecule has 21 heavy (non-hydrogen) atoms. The van der Waals surface area contributed by atoms with Gasteiger partial charge in [-0.15, -0.1) is 10.2 Å². The quantitative estimate of drug-likeness (QED) is 0.641. The zero-order chi connectivity index (χ0) is 15.4. The van der Waals surface area contributed by atoms with Gasteiger partial charge in [0, 0.05) is 19.7 Å². The minimum atomic E-state index is -0.450. The van der Waals surface area contributed by atoms with Gasteiger partial charge in [-0.3, -0.25) is 10.1 Å². The molecule has 0 saturated carbocycles. The van der Waals surface area contributed by atoms with Crippen molar-refractivity contribution < 1.29 is 9.66 Å². The Morgan fingerprint density at radius 3 is 2.86 bits per heavy atom. The molecule has 0 amide bonds. The maximum atomic E-state index is 11.0. The molecule has 1 N–H and O–H groups in total. The molecule has 0 aliphatic carbocycles. The van der Waals surface area contributed by atoms with Crippen LogP contribution in [0.1, 0.15) is 24.4 Å². The Bertz CT molecular complexity index is 640. The van der Waals surface area contributed by atoms with Crippen molar-refractivity contribution in [2.75, 3.05) is 7.11 Å². The van der Waals surface area contributed by atoms with E-state index in [0.717, 1.165) is 11.4 Å². The van der Waals surface area contributed by atoms with E-state index in [1.165, 1.54) is 13.2 Å². The van der Waals surface area contributed by atoms with Crippen molar-refractivity contribution in [2.24, 2.45) is 7.05 Å². The van der Waals surface area contributed by atoms with Crippen molar-refractivity contribution in [3.8, 4) is 5.75 Å². The molecule has 112 valence electrons. The molecule has 0 saturated heterocycles. The second-order valence-corrected chi connectivity index (χ2v) is 4.67. The van der Waals surface area contributed by atoms with E-state index in [4.69, 9.17) is 4.74 Å². The normalized spacial score (nSPS) is 12.1. The standard InChI is InChI=1S/C13H17N5O3/c1-9(13-16-15-8-17(13)2)14-7-10-4-5-12(21-3)11(6-10)18(19)20/h4-6,8-9,14H,7H2,1-3H3. The van der Waals surface area contributed by atoms with Gasteiger partial charge in [-0.25, -0.2) is 0 Å². The zero-order valence-corrected chi connectivity index (χ0v) is 12.1. The van der Waals surface area contributed by atoms with Crippen molar-refractivity contribution in [2.45, 2.75) is 19.5 Å². The van der Waals surface area contributed by atoms with Crippen LogP contribution < -0.4 is 10.1 Å². The van der Waals surface area contributed by atoms with Gasteiger partial charge in [-0.1, -0.05) is 6.07 Å². The first-order valence-corrected chi connectivity index (χ1v) is 6.41. The third-order valence-corrected chi connectivity index (χ3v) is 3.19. The molecular formula is C13H17N5O3. The second-order valence-electron chi connectivity index (χ2n) is 4.67. The molecule has 1 heterocycles. The minimum absolute atomic E-state index is 0.0151. The van der Waals surface area contributed by atoms with Crippen LogP contribution >= 0.6 is 0 Å². The number of aryl methyl sites for hydroxylation is 1. The Labute approximate surface area is 121 Å². The number of hydrogen-bond acceptors (Lipinski definition) is 6. The van der Waals surface area contributed by atoms with Gasteiger partial charge < -0.3 is 14.6 Å². The van der Waals surface area contributed by atoms with Gasteiger partial charge in [-0.05, 0) is 18.6 Å². The summed E-state index contributed by atoms with van der Waals surface area (Å²) >= 11 is 0. The lowest BCUT2D eigenvalue weighted by atomic mass is 10.1. The summed E-state index contributed by atoms with van der Waals surface area (Å²) in [6, 6.07) is 4.89. The molecule has 0 aliphatic rings. The summed E-state index contributed by atoms with van der Waals surface area (Å²) in [6.07, 6.45) is 1.63. The van der Waals surface area contributed by atoms with Crippen LogP contribution in [-0.2, 0) is 13.6 Å². The highest BCUT2D eigenvalue weighted by molar-refractivity contribution is 5.48. The minimum Gasteiger partial charge on any atom is -0.490 e. The Morgan fingerprint density at radius 1 is 1.52 bits per heavy atom. The SMILES string of the molecule is COc1ccc(CNC(C)c2nncn2C)cc1[N+](=O)[O-]. The lowest BCUT2D eigenvalue weighted by molar-refractivity contribution is -0.385. The van der Waals surface area contributed by atoms with Crippen molar-refractivity contribution in [1.29, 1.82) is 0 Å². The maximum absolute atomic E-state index is 11.0. The van der Waals surface area contributed by atoms with Gasteiger partial charge in [0.1, 0.15) is 12.2 Å². The number of ether oxygens (including phenoxy) is 1. The summed E-state index contributed by atoms with van der Waals surface area (Å²) in [4.78, 5) is 10.5. The summed E-state index contributed by atoms with van der Waals surface area (Å²) in [5.74, 6) is 1.06. The van der Waals surface area contributed by atoms with Crippen LogP contribution in [0, 0.1) is 10.1 Å². The molecule has 1 aromatic carbocycles. The van der Waals surface area contributed by atoms with Gasteiger partial charge in [0.25, 0.3) is 0 Å². The van der Waals surface area contributed by atoms with E-state index in [2.05, 4.69) is 15.5 Å². The first-order chi connectivity index (χ1) is 10.0. The van der Waals surface area contributed by atoms with Crippen LogP contribution in [0.5, 0.6) is 5.75 Å². The van der Waals surface area contributed by atoms with Crippen LogP contribution in [0.15, 0.2) is 24.5 Å². The predicted octanol–water partition coefficient (Wildman–Crippen LogP) is 1.58. The van der Waals surface area contributed by atoms with Crippen molar-refractivity contribution in [1.82, 2.24) is 20.1 Å². The largest absolute Gasteiger partial charge is 0.490 e. The van der Waals surface area contributed by atoms with E-state index in [1.807, 2.05) is 18.5 Å². The number of nitrogens with one attached hydrogen (secondary N) is 1. The molecular weight excluding hydrogens is 274 g/mol. The highest BCUT2D eigenvalue weighted by Gasteiger charge is 2.16. The Kier molecular flexibility index (Phi) is 4.49. The van der Waals surface area contributed by atoms with Crippen LogP contribution in [0.2, 0.25) is 0 Å². The number of methoxy groups -OCH3 is 1. The average Bonchev–Trinajstić information content (AvgIpc) is 2.90. The molecule has 1 unspecified atom stereocenters. The van der Waals surface area contributed by atoms with E-state index in [-0.39, 0.29) is 17.5 Å². The fourth-order valence-corrected chi connectivity index (χ4v) is 2.03. The molecule has 0 radical (unpaired) electrons. The van der Waals surface area contributed by atoms with E-state index in [9.17, 15) is 10.1 Å². The fraction of sp³-hybridized carbons (Fsp3) is 0.385. The van der Waals surface area contributed by atoms with E-state index < -0.39 is 4.92 Å². The van der Waals surface area contributed by atoms with Crippen LogP contribution in [0.3, 0.4) is 0 Å². The first-order valence-electron chi connectivity index (χ1n) is 6.41. The molecule has 1 aromatic heterocycles. The summed E-state index contributed by atoms with van der Waals surface area (Å²) in [5, 5.41) is 22.1. The van der Waals surface area contributed by atoms with Crippen molar-refractivity contribution >= 4 is 5.69 Å². The van der Waals surface area contributed by atoms with Crippen molar-refractivity contribution in [3.05, 3.63) is 46.0 Å². The second kappa shape index (κ2) is 6.31. The number of benzene rings is 1. The van der Waals surface area contributed by atoms with Crippen molar-refractivity contribution in [3.63, 3.8) is 0 Å². The zero-order valence-electron chi connectivity index (χ0n) is 12.1. The van der Waals surface area contributed by atoms with E-state index in [1.54, 1.807) is 18.5 Å². The molecule has 2 rings (SSSR count). The number of nitro benzene ring substituents is 1. The van der Waals surface area contributed by atoms with Gasteiger partial charge in [0.15, 0.2) is 5.75 Å². The monoisotopic (exact) mass is 291 g/mol. The third-order valence-electron chi connectivity index (χ3n) is 3.19. The Hall–Kier alpha value is -2.48. The number of nitro groups is 1. The number of rotatable bonds is 6. The third kappa shape index (κ3) is 3.34. The highest BCUT2D eigenvalue weighted by atomic mass is 16.6. The maximum Gasteiger partial charge on any atom is 0.311 e. The molecule has 8 nitrogen and oxygen atoms in total. The molecule has 0 aliphatic heterocycles. The Balaban J connectivity index is 2.08. The summed E-state index contributed by atoms with van der Waals surface area (Å²) in [5.41, 5.74) is 0.764. The predicted molar refractivity (Wildman–Crippen MR) is 75.9 cm³/mol. The lowest BCUT2D eigenvalue weighted by Crippen LogP contribution is -2.21. The molecule has 0 fully saturated rings. The summed E-state index contributed by atoms with van der Waals surface area (Å²) in [7, 11) is 3.28. The van der Waals surface area contributed by atoms with Gasteiger partial charge in [0.2, 0.25) is 0 Å². The highest BCUT2D eigenvalue weighted by Crippen LogP contribution is 2.27. The van der Waals surface area contributed by atoms with Gasteiger partial charge >= 0.3 is 5.69 Å². The topological polar surface area (TPSA) is 95.1 Å². The van der Waals surface area contributed by atoms with E-state index >= 15 is 0 Å². The summed E-state index contributed by atoms with van der Waals surface area (Å²) in [6.45, 7) is 2.45. The van der Waals surface area contributed by atoms with E-state index in [0.29, 0.717) is 6.54 Å². The number of nitrogens with zero attached hydrogens (tertiary/aromatic N) is 4. The smallest absolute Gasteiger partial charge is 0.311 e. The molecule has 8 heteroatoms. The molecule has 1 atom stereocenters. The summed E-state index contributed by atoms with van der Waals surface area (Å²) < 4.78 is 6.81. The van der Waals surface area contributed by atoms with Crippen LogP contribution in [0.25, 0.3) is 0 Å². The number of hydrogen-bond donors (Lipinski definition) is 1. The first kappa shape index (κ1) is 14.9. The lowest BCUT2D eigenvalue weighted by Gasteiger charge is -2.13. The molecule has 0 bridgehead atoms. The van der Waals surface area contributed by atoms with Gasteiger partial charge in [0.05, 0.1) is 18.1 Å². The van der Waals surface area contributed by atoms with Crippen LogP contribution in [-0.4, -0.2) is 26.8 Å².